The van der Waals surface area contributed by atoms with Gasteiger partial charge in [0.25, 0.3) is 0 Å². The fourth-order valence-corrected chi connectivity index (χ4v) is 0.983. The summed E-state index contributed by atoms with van der Waals surface area (Å²) in [4.78, 5) is 43.7. The molecule has 0 unspecified atom stereocenters. The van der Waals surface area contributed by atoms with Crippen molar-refractivity contribution in [2.24, 2.45) is 0 Å². The molecule has 0 atom stereocenters. The Bertz CT molecular complexity index is 307. The Balaban J connectivity index is 3.68. The van der Waals surface area contributed by atoms with Crippen LogP contribution in [0.2, 0.25) is 0 Å². The Morgan fingerprint density at radius 3 is 1.78 bits per heavy atom. The zero-order valence-electron chi connectivity index (χ0n) is 9.19. The molecule has 0 heterocycles. The summed E-state index contributed by atoms with van der Waals surface area (Å²) in [5, 5.41) is 6.77. The van der Waals surface area contributed by atoms with E-state index in [1.165, 1.54) is 19.3 Å². The minimum atomic E-state index is -0.601. The maximum absolute atomic E-state index is 11.1. The van der Waals surface area contributed by atoms with Crippen molar-refractivity contribution in [1.29, 1.82) is 0 Å². The van der Waals surface area contributed by atoms with E-state index in [9.17, 15) is 19.2 Å². The molecule has 0 saturated heterocycles. The van der Waals surface area contributed by atoms with Crippen molar-refractivity contribution in [1.82, 2.24) is 16.0 Å². The van der Waals surface area contributed by atoms with Gasteiger partial charge in [-0.3, -0.25) is 0 Å². The first-order valence-corrected chi connectivity index (χ1v) is 6.11. The second-order valence-electron chi connectivity index (χ2n) is 2.94. The topological polar surface area (TPSA) is 114 Å². The molecular weight excluding hydrogens is 348 g/mol. The molecule has 0 bridgehead atoms. The number of thiol groups is 1. The molecule has 0 radical (unpaired) electrons. The van der Waals surface area contributed by atoms with E-state index in [-0.39, 0.29) is 31.3 Å². The fourth-order valence-electron chi connectivity index (χ4n) is 0.737. The van der Waals surface area contributed by atoms with E-state index in [0.29, 0.717) is 0 Å². The van der Waals surface area contributed by atoms with E-state index >= 15 is 0 Å². The van der Waals surface area contributed by atoms with Gasteiger partial charge in [-0.1, -0.05) is 0 Å². The number of nitrogens with one attached hydrogen (secondary N) is 3. The third kappa shape index (κ3) is 8.97. The molecule has 8 nitrogen and oxygen atoms in total. The van der Waals surface area contributed by atoms with Gasteiger partial charge in [0, 0.05) is 0 Å². The molecule has 0 aromatic carbocycles. The molecule has 0 aromatic rings. The van der Waals surface area contributed by atoms with Gasteiger partial charge in [0.05, 0.1) is 0 Å². The van der Waals surface area contributed by atoms with Crippen LogP contribution < -0.4 is 16.0 Å². The van der Waals surface area contributed by atoms with Crippen LogP contribution in [-0.2, 0) is 41.9 Å². The van der Waals surface area contributed by atoms with Gasteiger partial charge in [-0.2, -0.15) is 12.6 Å². The van der Waals surface area contributed by atoms with Crippen LogP contribution in [0.1, 0.15) is 0 Å². The van der Waals surface area contributed by atoms with E-state index in [1.807, 2.05) is 0 Å². The first-order valence-electron chi connectivity index (χ1n) is 4.72. The number of carbonyl (C=O) groups is 4. The number of amides is 3. The first kappa shape index (κ1) is 16.9. The SMILES string of the molecule is O=C(CS)NCC(=O)NCC(=O)NCC(=O)[O][Tc]. The van der Waals surface area contributed by atoms with E-state index in [1.54, 1.807) is 0 Å². The number of hydrogen-bond acceptors (Lipinski definition) is 6. The van der Waals surface area contributed by atoms with Crippen LogP contribution in [0, 0.1) is 0 Å². The summed E-state index contributed by atoms with van der Waals surface area (Å²) < 4.78 is 4.28. The molecule has 3 N–H and O–H groups in total. The van der Waals surface area contributed by atoms with Gasteiger partial charge in [-0.05, 0) is 0 Å². The van der Waals surface area contributed by atoms with Gasteiger partial charge in [-0.15, -0.1) is 0 Å². The summed E-state index contributed by atoms with van der Waals surface area (Å²) in [7, 11) is 0. The molecule has 102 valence electrons. The molecular formula is C8H12N3O5STc. The van der Waals surface area contributed by atoms with Crippen molar-refractivity contribution in [2.75, 3.05) is 25.4 Å². The number of rotatable bonds is 7. The average Bonchev–Trinajstić information content (AvgIpc) is 2.39. The molecule has 0 aromatic heterocycles. The first-order chi connectivity index (χ1) is 8.49. The molecule has 0 aliphatic carbocycles. The Hall–Kier alpha value is -1.12. The Kier molecular flexibility index (Phi) is 9.25. The third-order valence-corrected chi connectivity index (χ3v) is 2.26. The van der Waals surface area contributed by atoms with Crippen LogP contribution in [0.15, 0.2) is 0 Å². The fraction of sp³-hybridized carbons (Fsp3) is 0.500. The molecule has 0 saturated carbocycles. The second kappa shape index (κ2) is 9.86. The molecule has 0 rings (SSSR count). The molecule has 0 aliphatic rings. The van der Waals surface area contributed by atoms with Crippen LogP contribution in [0.25, 0.3) is 0 Å². The summed E-state index contributed by atoms with van der Waals surface area (Å²) in [5.74, 6) is -2.06. The standard InChI is InChI=1S/C8H13N3O5S.Tc/c12-5(2-10-7(14)4-17)9-1-6(13)11-3-8(15)16;/h17H,1-4H2,(H,9,12)(H,10,14)(H,11,13)(H,15,16);/q;+1/p-1. The zero-order chi connectivity index (χ0) is 14.0. The predicted octanol–water partition coefficient (Wildman–Crippen LogP) is -2.73. The third-order valence-electron chi connectivity index (χ3n) is 1.55. The van der Waals surface area contributed by atoms with Gasteiger partial charge in [0.2, 0.25) is 0 Å². The Morgan fingerprint density at radius 1 is 0.889 bits per heavy atom. The molecule has 18 heavy (non-hydrogen) atoms. The molecule has 10 heteroatoms. The Morgan fingerprint density at radius 2 is 1.33 bits per heavy atom. The van der Waals surface area contributed by atoms with Crippen LogP contribution in [0.4, 0.5) is 0 Å². The zero-order valence-corrected chi connectivity index (χ0v) is 11.9. The van der Waals surface area contributed by atoms with Gasteiger partial charge in [0.15, 0.2) is 0 Å². The summed E-state index contributed by atoms with van der Waals surface area (Å²) in [5.41, 5.74) is 0. The normalized spacial score (nSPS) is 9.22. The minimum absolute atomic E-state index is 0.0216. The summed E-state index contributed by atoms with van der Waals surface area (Å²) in [6.45, 7) is -0.791. The molecule has 0 fully saturated rings. The van der Waals surface area contributed by atoms with E-state index < -0.39 is 17.8 Å². The van der Waals surface area contributed by atoms with Gasteiger partial charge >= 0.3 is 107 Å². The van der Waals surface area contributed by atoms with E-state index in [4.69, 9.17) is 0 Å². The van der Waals surface area contributed by atoms with Crippen molar-refractivity contribution in [3.05, 3.63) is 0 Å². The Labute approximate surface area is 120 Å². The predicted molar refractivity (Wildman–Crippen MR) is 59.0 cm³/mol. The molecule has 0 spiro atoms. The molecule has 3 amide bonds. The van der Waals surface area contributed by atoms with E-state index in [0.717, 1.165) is 0 Å². The second-order valence-corrected chi connectivity index (χ2v) is 3.63. The van der Waals surface area contributed by atoms with Crippen molar-refractivity contribution in [2.45, 2.75) is 0 Å². The van der Waals surface area contributed by atoms with Crippen molar-refractivity contribution in [3.63, 3.8) is 0 Å². The summed E-state index contributed by atoms with van der Waals surface area (Å²) in [6, 6.07) is 0. The van der Waals surface area contributed by atoms with Crippen LogP contribution in [0.5, 0.6) is 0 Å². The van der Waals surface area contributed by atoms with Crippen LogP contribution >= 0.6 is 12.6 Å². The van der Waals surface area contributed by atoms with Crippen molar-refractivity contribution in [3.8, 4) is 0 Å². The summed E-state index contributed by atoms with van der Waals surface area (Å²) in [6.07, 6.45) is 0. The maximum atomic E-state index is 11.1. The number of carbonyl (C=O) groups excluding carboxylic acids is 4. The average molecular weight is 360 g/mol. The van der Waals surface area contributed by atoms with Crippen molar-refractivity contribution >= 4 is 36.3 Å². The summed E-state index contributed by atoms with van der Waals surface area (Å²) >= 11 is 5.10. The van der Waals surface area contributed by atoms with Gasteiger partial charge in [0.1, 0.15) is 0 Å². The van der Waals surface area contributed by atoms with Gasteiger partial charge in [-0.25, -0.2) is 0 Å². The van der Waals surface area contributed by atoms with E-state index in [2.05, 4.69) is 32.1 Å². The molecule has 0 aliphatic heterocycles. The monoisotopic (exact) mass is 359 g/mol. The quantitative estimate of drug-likeness (QED) is 0.368. The van der Waals surface area contributed by atoms with Crippen LogP contribution in [-0.4, -0.2) is 49.1 Å². The van der Waals surface area contributed by atoms with Gasteiger partial charge < -0.3 is 0 Å². The van der Waals surface area contributed by atoms with Crippen LogP contribution in [0.3, 0.4) is 0 Å². The number of hydrogen-bond donors (Lipinski definition) is 4. The van der Waals surface area contributed by atoms with Crippen molar-refractivity contribution < 1.29 is 41.9 Å².